The molecule has 0 bridgehead atoms. The van der Waals surface area contributed by atoms with Gasteiger partial charge in [-0.2, -0.15) is 0 Å². The standard InChI is InChI=1S/C13H17N3O3/c14-13(19)10-1-4-15-11(8-10)16-5-2-9(3-6-16)7-12(17)18/h1,4,8-9H,2-3,5-7H2,(H2,14,19)(H,17,18). The highest BCUT2D eigenvalue weighted by atomic mass is 16.4. The molecule has 1 aliphatic rings. The fraction of sp³-hybridized carbons (Fsp3) is 0.462. The summed E-state index contributed by atoms with van der Waals surface area (Å²) < 4.78 is 0. The highest BCUT2D eigenvalue weighted by Crippen LogP contribution is 2.24. The molecule has 0 aliphatic carbocycles. The number of hydrogen-bond acceptors (Lipinski definition) is 4. The molecule has 1 saturated heterocycles. The third kappa shape index (κ3) is 3.43. The van der Waals surface area contributed by atoms with E-state index in [0.29, 0.717) is 5.56 Å². The van der Waals surface area contributed by atoms with E-state index < -0.39 is 11.9 Å². The topological polar surface area (TPSA) is 96.5 Å². The molecular weight excluding hydrogens is 246 g/mol. The lowest BCUT2D eigenvalue weighted by molar-refractivity contribution is -0.138. The second-order valence-corrected chi connectivity index (χ2v) is 4.80. The summed E-state index contributed by atoms with van der Waals surface area (Å²) >= 11 is 0. The molecule has 2 rings (SSSR count). The van der Waals surface area contributed by atoms with Gasteiger partial charge >= 0.3 is 5.97 Å². The number of nitrogens with zero attached hydrogens (tertiary/aromatic N) is 2. The number of nitrogens with two attached hydrogens (primary N) is 1. The van der Waals surface area contributed by atoms with Gasteiger partial charge in [-0.05, 0) is 30.9 Å². The van der Waals surface area contributed by atoms with Crippen molar-refractivity contribution in [3.05, 3.63) is 23.9 Å². The minimum absolute atomic E-state index is 0.225. The summed E-state index contributed by atoms with van der Waals surface area (Å²) in [4.78, 5) is 28.1. The number of amides is 1. The Morgan fingerprint density at radius 1 is 1.42 bits per heavy atom. The molecule has 0 radical (unpaired) electrons. The Bertz CT molecular complexity index is 482. The van der Waals surface area contributed by atoms with E-state index in [1.807, 2.05) is 0 Å². The van der Waals surface area contributed by atoms with Crippen LogP contribution in [-0.4, -0.2) is 35.1 Å². The van der Waals surface area contributed by atoms with Crippen molar-refractivity contribution in [3.63, 3.8) is 0 Å². The molecule has 0 spiro atoms. The summed E-state index contributed by atoms with van der Waals surface area (Å²) in [5, 5.41) is 8.77. The first-order valence-electron chi connectivity index (χ1n) is 6.29. The van der Waals surface area contributed by atoms with Gasteiger partial charge in [-0.3, -0.25) is 9.59 Å². The summed E-state index contributed by atoms with van der Waals surface area (Å²) in [5.41, 5.74) is 5.68. The van der Waals surface area contributed by atoms with Crippen molar-refractivity contribution in [2.24, 2.45) is 11.7 Å². The number of carboxylic acids is 1. The first-order valence-corrected chi connectivity index (χ1v) is 6.29. The number of carboxylic acid groups (broad SMARTS) is 1. The summed E-state index contributed by atoms with van der Waals surface area (Å²) in [7, 11) is 0. The summed E-state index contributed by atoms with van der Waals surface area (Å²) in [6.07, 6.45) is 3.45. The third-order valence-corrected chi connectivity index (χ3v) is 3.43. The molecule has 1 aliphatic heterocycles. The maximum atomic E-state index is 11.1. The molecule has 0 aromatic carbocycles. The van der Waals surface area contributed by atoms with Crippen molar-refractivity contribution in [2.75, 3.05) is 18.0 Å². The first kappa shape index (κ1) is 13.3. The largest absolute Gasteiger partial charge is 0.481 e. The van der Waals surface area contributed by atoms with E-state index in [0.717, 1.165) is 31.7 Å². The minimum atomic E-state index is -0.743. The predicted octanol–water partition coefficient (Wildman–Crippen LogP) is 0.872. The van der Waals surface area contributed by atoms with Gasteiger partial charge in [0.1, 0.15) is 5.82 Å². The quantitative estimate of drug-likeness (QED) is 0.840. The van der Waals surface area contributed by atoms with Crippen molar-refractivity contribution in [3.8, 4) is 0 Å². The average molecular weight is 263 g/mol. The van der Waals surface area contributed by atoms with Crippen molar-refractivity contribution < 1.29 is 14.7 Å². The molecule has 19 heavy (non-hydrogen) atoms. The molecule has 3 N–H and O–H groups in total. The second-order valence-electron chi connectivity index (χ2n) is 4.80. The van der Waals surface area contributed by atoms with Crippen LogP contribution in [0.15, 0.2) is 18.3 Å². The van der Waals surface area contributed by atoms with Gasteiger partial charge in [0.15, 0.2) is 0 Å². The lowest BCUT2D eigenvalue weighted by Crippen LogP contribution is -2.35. The fourth-order valence-corrected chi connectivity index (χ4v) is 2.36. The maximum absolute atomic E-state index is 11.1. The van der Waals surface area contributed by atoms with E-state index in [1.165, 1.54) is 0 Å². The van der Waals surface area contributed by atoms with E-state index in [1.54, 1.807) is 18.3 Å². The monoisotopic (exact) mass is 263 g/mol. The van der Waals surface area contributed by atoms with Crippen molar-refractivity contribution in [1.82, 2.24) is 4.98 Å². The van der Waals surface area contributed by atoms with E-state index >= 15 is 0 Å². The smallest absolute Gasteiger partial charge is 0.303 e. The zero-order valence-corrected chi connectivity index (χ0v) is 10.6. The van der Waals surface area contributed by atoms with Crippen LogP contribution in [0.2, 0.25) is 0 Å². The first-order chi connectivity index (χ1) is 9.06. The van der Waals surface area contributed by atoms with Crippen molar-refractivity contribution in [1.29, 1.82) is 0 Å². The highest BCUT2D eigenvalue weighted by molar-refractivity contribution is 5.93. The number of pyridine rings is 1. The van der Waals surface area contributed by atoms with Crippen LogP contribution in [0.3, 0.4) is 0 Å². The minimum Gasteiger partial charge on any atom is -0.481 e. The molecule has 1 aromatic rings. The van der Waals surface area contributed by atoms with Gasteiger partial charge < -0.3 is 15.7 Å². The molecule has 0 atom stereocenters. The molecule has 6 nitrogen and oxygen atoms in total. The molecule has 102 valence electrons. The molecule has 2 heterocycles. The summed E-state index contributed by atoms with van der Waals surface area (Å²) in [5.74, 6) is -0.255. The Morgan fingerprint density at radius 2 is 2.11 bits per heavy atom. The van der Waals surface area contributed by atoms with Crippen LogP contribution in [-0.2, 0) is 4.79 Å². The third-order valence-electron chi connectivity index (χ3n) is 3.43. The Morgan fingerprint density at radius 3 is 2.68 bits per heavy atom. The number of aromatic nitrogens is 1. The van der Waals surface area contributed by atoms with Gasteiger partial charge in [0, 0.05) is 31.3 Å². The average Bonchev–Trinajstić information content (AvgIpc) is 2.39. The molecule has 1 fully saturated rings. The predicted molar refractivity (Wildman–Crippen MR) is 69.9 cm³/mol. The normalized spacial score (nSPS) is 16.3. The van der Waals surface area contributed by atoms with Gasteiger partial charge in [0.05, 0.1) is 0 Å². The van der Waals surface area contributed by atoms with Gasteiger partial charge in [0.2, 0.25) is 5.91 Å². The van der Waals surface area contributed by atoms with Crippen molar-refractivity contribution >= 4 is 17.7 Å². The number of carbonyl (C=O) groups excluding carboxylic acids is 1. The zero-order valence-electron chi connectivity index (χ0n) is 10.6. The lowest BCUT2D eigenvalue weighted by Gasteiger charge is -2.32. The second kappa shape index (κ2) is 5.69. The molecule has 0 unspecified atom stereocenters. The Labute approximate surface area is 111 Å². The number of anilines is 1. The number of carbonyl (C=O) groups is 2. The van der Waals surface area contributed by atoms with Gasteiger partial charge in [-0.15, -0.1) is 0 Å². The van der Waals surface area contributed by atoms with Crippen LogP contribution in [0.4, 0.5) is 5.82 Å². The van der Waals surface area contributed by atoms with E-state index in [-0.39, 0.29) is 12.3 Å². The molecule has 1 amide bonds. The number of aliphatic carboxylic acids is 1. The Kier molecular flexibility index (Phi) is 3.99. The SMILES string of the molecule is NC(=O)c1ccnc(N2CCC(CC(=O)O)CC2)c1. The van der Waals surface area contributed by atoms with Crippen LogP contribution in [0, 0.1) is 5.92 Å². The lowest BCUT2D eigenvalue weighted by atomic mass is 9.93. The molecule has 0 saturated carbocycles. The maximum Gasteiger partial charge on any atom is 0.303 e. The van der Waals surface area contributed by atoms with Gasteiger partial charge in [0.25, 0.3) is 0 Å². The van der Waals surface area contributed by atoms with Gasteiger partial charge in [-0.25, -0.2) is 4.98 Å². The summed E-state index contributed by atoms with van der Waals surface area (Å²) in [6, 6.07) is 3.27. The number of piperidine rings is 1. The zero-order chi connectivity index (χ0) is 13.8. The molecule has 1 aromatic heterocycles. The number of hydrogen-bond donors (Lipinski definition) is 2. The van der Waals surface area contributed by atoms with E-state index in [4.69, 9.17) is 10.8 Å². The van der Waals surface area contributed by atoms with Crippen LogP contribution in [0.5, 0.6) is 0 Å². The van der Waals surface area contributed by atoms with Crippen LogP contribution in [0.25, 0.3) is 0 Å². The summed E-state index contributed by atoms with van der Waals surface area (Å²) in [6.45, 7) is 1.51. The highest BCUT2D eigenvalue weighted by Gasteiger charge is 2.22. The Balaban J connectivity index is 1.99. The van der Waals surface area contributed by atoms with E-state index in [2.05, 4.69) is 9.88 Å². The van der Waals surface area contributed by atoms with Crippen molar-refractivity contribution in [2.45, 2.75) is 19.3 Å². The van der Waals surface area contributed by atoms with Crippen LogP contribution in [0.1, 0.15) is 29.6 Å². The Hall–Kier alpha value is -2.11. The number of rotatable bonds is 4. The molecular formula is C13H17N3O3. The van der Waals surface area contributed by atoms with Gasteiger partial charge in [-0.1, -0.05) is 0 Å². The fourth-order valence-electron chi connectivity index (χ4n) is 2.36. The number of primary amides is 1. The molecule has 6 heteroatoms. The van der Waals surface area contributed by atoms with Crippen LogP contribution < -0.4 is 10.6 Å². The van der Waals surface area contributed by atoms with E-state index in [9.17, 15) is 9.59 Å². The van der Waals surface area contributed by atoms with Crippen LogP contribution >= 0.6 is 0 Å².